The van der Waals surface area contributed by atoms with E-state index < -0.39 is 0 Å². The molecule has 4 atom stereocenters. The zero-order chi connectivity index (χ0) is 24.5. The number of methoxy groups -OCH3 is 1. The van der Waals surface area contributed by atoms with Crippen LogP contribution in [0.15, 0.2) is 54.9 Å². The molecule has 4 fully saturated rings. The zero-order valence-corrected chi connectivity index (χ0v) is 20.7. The maximum Gasteiger partial charge on any atom is 0.227 e. The largest absolute Gasteiger partial charge is 0.495 e. The molecule has 9 nitrogen and oxygen atoms in total. The van der Waals surface area contributed by atoms with E-state index in [-0.39, 0.29) is 5.92 Å². The van der Waals surface area contributed by atoms with Gasteiger partial charge < -0.3 is 14.5 Å². The van der Waals surface area contributed by atoms with Crippen LogP contribution in [-0.4, -0.2) is 88.1 Å². The Morgan fingerprint density at radius 2 is 1.86 bits per heavy atom. The van der Waals surface area contributed by atoms with Crippen molar-refractivity contribution in [3.63, 3.8) is 0 Å². The quantitative estimate of drug-likeness (QED) is 0.528. The predicted octanol–water partition coefficient (Wildman–Crippen LogP) is 2.41. The topological polar surface area (TPSA) is 79.6 Å². The van der Waals surface area contributed by atoms with Gasteiger partial charge in [-0.3, -0.25) is 19.4 Å². The molecular weight excluding hydrogens is 454 g/mol. The average Bonchev–Trinajstić information content (AvgIpc) is 3.42. The van der Waals surface area contributed by atoms with E-state index in [4.69, 9.17) is 4.74 Å². The molecular formula is C27H33N7O2. The molecule has 0 saturated carbocycles. The summed E-state index contributed by atoms with van der Waals surface area (Å²) in [7, 11) is 1.71. The molecule has 1 amide bonds. The molecule has 1 aromatic carbocycles. The van der Waals surface area contributed by atoms with Gasteiger partial charge in [-0.05, 0) is 49.6 Å². The Bertz CT molecular complexity index is 1190. The van der Waals surface area contributed by atoms with Crippen molar-refractivity contribution >= 4 is 11.6 Å². The third kappa shape index (κ3) is 4.43. The molecule has 36 heavy (non-hydrogen) atoms. The highest BCUT2D eigenvalue weighted by Gasteiger charge is 2.44. The van der Waals surface area contributed by atoms with E-state index in [1.54, 1.807) is 13.3 Å². The number of aromatic nitrogens is 4. The van der Waals surface area contributed by atoms with Gasteiger partial charge in [0.25, 0.3) is 0 Å². The number of nitrogens with zero attached hydrogens (tertiary/aromatic N) is 7. The second kappa shape index (κ2) is 9.89. The van der Waals surface area contributed by atoms with Crippen molar-refractivity contribution in [2.75, 3.05) is 51.3 Å². The minimum atomic E-state index is 0.104. The molecule has 4 aliphatic heterocycles. The molecule has 7 rings (SSSR count). The van der Waals surface area contributed by atoms with Crippen LogP contribution in [0.3, 0.4) is 0 Å². The lowest BCUT2D eigenvalue weighted by atomic mass is 9.75. The Kier molecular flexibility index (Phi) is 6.31. The molecule has 0 aliphatic carbocycles. The normalized spacial score (nSPS) is 25.7. The average molecular weight is 488 g/mol. The number of benzene rings is 1. The van der Waals surface area contributed by atoms with Gasteiger partial charge >= 0.3 is 0 Å². The van der Waals surface area contributed by atoms with Crippen molar-refractivity contribution in [1.82, 2.24) is 29.8 Å². The number of ether oxygens (including phenoxy) is 1. The summed E-state index contributed by atoms with van der Waals surface area (Å²) in [5, 5.41) is 8.67. The Labute approximate surface area is 211 Å². The number of pyridine rings is 1. The van der Waals surface area contributed by atoms with Crippen molar-refractivity contribution in [3.8, 4) is 17.1 Å². The van der Waals surface area contributed by atoms with E-state index in [0.717, 1.165) is 81.5 Å². The second-order valence-electron chi connectivity index (χ2n) is 10.1. The number of rotatable bonds is 6. The number of hydrogen-bond donors (Lipinski definition) is 0. The third-order valence-corrected chi connectivity index (χ3v) is 8.08. The fourth-order valence-corrected chi connectivity index (χ4v) is 6.14. The molecule has 0 spiro atoms. The number of anilines is 1. The van der Waals surface area contributed by atoms with Gasteiger partial charge in [0.1, 0.15) is 11.4 Å². The van der Waals surface area contributed by atoms with Crippen molar-refractivity contribution in [2.45, 2.75) is 25.4 Å². The highest BCUT2D eigenvalue weighted by atomic mass is 16.5. The second-order valence-corrected chi connectivity index (χ2v) is 10.1. The number of carbonyl (C=O) groups is 1. The number of hydrogen-bond acceptors (Lipinski definition) is 7. The standard InChI is InChI=1S/C27H33N7O2/c1-36-26-8-3-2-7-25(26)31-12-14-32(15-13-31)27(35)22-18-33-11-9-20(22)16-21(33)17-34-19-24(29-30-34)23-6-4-5-10-28-23/h2-8,10,19-22H,9,11-18H2,1H3/t20-,21+,22-/m0/s1. The van der Waals surface area contributed by atoms with Crippen LogP contribution in [0.4, 0.5) is 5.69 Å². The minimum Gasteiger partial charge on any atom is -0.495 e. The van der Waals surface area contributed by atoms with Gasteiger partial charge in [-0.2, -0.15) is 0 Å². The first-order chi connectivity index (χ1) is 17.7. The van der Waals surface area contributed by atoms with Crippen LogP contribution in [0, 0.1) is 11.8 Å². The first-order valence-electron chi connectivity index (χ1n) is 12.9. The number of carbonyl (C=O) groups excluding carboxylic acids is 1. The predicted molar refractivity (Wildman–Crippen MR) is 137 cm³/mol. The van der Waals surface area contributed by atoms with E-state index >= 15 is 0 Å². The van der Waals surface area contributed by atoms with Gasteiger partial charge in [0, 0.05) is 45.0 Å². The highest BCUT2D eigenvalue weighted by Crippen LogP contribution is 2.38. The smallest absolute Gasteiger partial charge is 0.227 e. The van der Waals surface area contributed by atoms with Gasteiger partial charge in [0.2, 0.25) is 5.91 Å². The van der Waals surface area contributed by atoms with Crippen LogP contribution < -0.4 is 9.64 Å². The van der Waals surface area contributed by atoms with E-state index in [9.17, 15) is 4.79 Å². The molecule has 2 bridgehead atoms. The first kappa shape index (κ1) is 23.0. The highest BCUT2D eigenvalue weighted by molar-refractivity contribution is 5.80. The maximum absolute atomic E-state index is 13.6. The lowest BCUT2D eigenvalue weighted by molar-refractivity contribution is -0.144. The summed E-state index contributed by atoms with van der Waals surface area (Å²) in [6.45, 7) is 5.90. The van der Waals surface area contributed by atoms with Crippen molar-refractivity contribution in [1.29, 1.82) is 0 Å². The SMILES string of the molecule is COc1ccccc1N1CCN(C(=O)[C@H]2CN3CC[C@H]2C[C@@H]3Cn2cc(-c3ccccn3)nn2)CC1. The monoisotopic (exact) mass is 487 g/mol. The van der Waals surface area contributed by atoms with E-state index in [1.165, 1.54) is 0 Å². The van der Waals surface area contributed by atoms with Gasteiger partial charge in [-0.15, -0.1) is 5.10 Å². The van der Waals surface area contributed by atoms with E-state index in [2.05, 4.69) is 36.1 Å². The fourth-order valence-electron chi connectivity index (χ4n) is 6.14. The number of fused-ring (bicyclic) bond motifs is 3. The van der Waals surface area contributed by atoms with Crippen LogP contribution in [0.25, 0.3) is 11.4 Å². The number of piperazine rings is 1. The molecule has 6 heterocycles. The van der Waals surface area contributed by atoms with Gasteiger partial charge in [0.15, 0.2) is 0 Å². The van der Waals surface area contributed by atoms with Crippen molar-refractivity contribution < 1.29 is 9.53 Å². The van der Waals surface area contributed by atoms with Crippen LogP contribution in [-0.2, 0) is 11.3 Å². The molecule has 1 unspecified atom stereocenters. The Morgan fingerprint density at radius 1 is 1.03 bits per heavy atom. The van der Waals surface area contributed by atoms with Crippen LogP contribution >= 0.6 is 0 Å². The molecule has 4 aliphatic rings. The van der Waals surface area contributed by atoms with Crippen LogP contribution in [0.1, 0.15) is 12.8 Å². The summed E-state index contributed by atoms with van der Waals surface area (Å²) in [6.07, 6.45) is 5.90. The third-order valence-electron chi connectivity index (χ3n) is 8.08. The summed E-state index contributed by atoms with van der Waals surface area (Å²) in [5.74, 6) is 1.77. The van der Waals surface area contributed by atoms with E-state index in [1.807, 2.05) is 47.3 Å². The molecule has 2 aromatic heterocycles. The summed E-state index contributed by atoms with van der Waals surface area (Å²) in [5.41, 5.74) is 2.75. The van der Waals surface area contributed by atoms with Crippen molar-refractivity contribution in [3.05, 3.63) is 54.9 Å². The van der Waals surface area contributed by atoms with Crippen molar-refractivity contribution in [2.24, 2.45) is 11.8 Å². The summed E-state index contributed by atoms with van der Waals surface area (Å²) < 4.78 is 7.47. The maximum atomic E-state index is 13.6. The lowest BCUT2D eigenvalue weighted by Crippen LogP contribution is -2.60. The molecule has 0 radical (unpaired) electrons. The number of piperidine rings is 3. The van der Waals surface area contributed by atoms with Gasteiger partial charge in [-0.25, -0.2) is 0 Å². The molecule has 9 heteroatoms. The minimum absolute atomic E-state index is 0.104. The Hall–Kier alpha value is -3.46. The summed E-state index contributed by atoms with van der Waals surface area (Å²) in [4.78, 5) is 24.8. The molecule has 3 aromatic rings. The molecule has 4 saturated heterocycles. The Morgan fingerprint density at radius 3 is 2.61 bits per heavy atom. The number of amides is 1. The Balaban J connectivity index is 1.05. The molecule has 188 valence electrons. The zero-order valence-electron chi connectivity index (χ0n) is 20.7. The van der Waals surface area contributed by atoms with Crippen LogP contribution in [0.2, 0.25) is 0 Å². The fraction of sp³-hybridized carbons (Fsp3) is 0.481. The van der Waals surface area contributed by atoms with E-state index in [0.29, 0.717) is 17.9 Å². The van der Waals surface area contributed by atoms with Gasteiger partial charge in [-0.1, -0.05) is 23.4 Å². The summed E-state index contributed by atoms with van der Waals surface area (Å²) >= 11 is 0. The molecule has 0 N–H and O–H groups in total. The van der Waals surface area contributed by atoms with Crippen LogP contribution in [0.5, 0.6) is 5.75 Å². The lowest BCUT2D eigenvalue weighted by Gasteiger charge is -2.50. The van der Waals surface area contributed by atoms with Gasteiger partial charge in [0.05, 0.1) is 37.2 Å². The first-order valence-corrected chi connectivity index (χ1v) is 12.9. The number of para-hydroxylation sites is 2. The summed E-state index contributed by atoms with van der Waals surface area (Å²) in [6, 6.07) is 14.3.